The van der Waals surface area contributed by atoms with E-state index in [1.54, 1.807) is 13.1 Å². The topological polar surface area (TPSA) is 116 Å². The first kappa shape index (κ1) is 22.6. The molecular weight excluding hydrogens is 401 g/mol. The first-order valence-corrected chi connectivity index (χ1v) is 10.6. The van der Waals surface area contributed by atoms with Gasteiger partial charge in [-0.2, -0.15) is 5.10 Å². The predicted molar refractivity (Wildman–Crippen MR) is 115 cm³/mol. The van der Waals surface area contributed by atoms with Gasteiger partial charge in [0, 0.05) is 32.5 Å². The largest absolute Gasteiger partial charge is 0.493 e. The van der Waals surface area contributed by atoms with Crippen molar-refractivity contribution >= 4 is 17.6 Å². The third-order valence-corrected chi connectivity index (χ3v) is 5.73. The van der Waals surface area contributed by atoms with E-state index < -0.39 is 5.91 Å². The third-order valence-electron chi connectivity index (χ3n) is 5.73. The van der Waals surface area contributed by atoms with Crippen LogP contribution in [-0.4, -0.2) is 46.2 Å². The zero-order valence-electron chi connectivity index (χ0n) is 18.1. The number of halogens is 1. The fourth-order valence-electron chi connectivity index (χ4n) is 4.05. The number of nitrogen functional groups attached to an aromatic ring is 1. The second kappa shape index (κ2) is 9.80. The molecule has 1 saturated heterocycles. The van der Waals surface area contributed by atoms with Crippen LogP contribution in [0.5, 0.6) is 5.75 Å². The van der Waals surface area contributed by atoms with Gasteiger partial charge in [-0.05, 0) is 49.4 Å². The highest BCUT2D eigenvalue weighted by Crippen LogP contribution is 2.34. The number of hydrogen-bond donors (Lipinski definition) is 2. The van der Waals surface area contributed by atoms with Gasteiger partial charge >= 0.3 is 0 Å². The molecule has 4 N–H and O–H groups in total. The Kier molecular flexibility index (Phi) is 7.14. The van der Waals surface area contributed by atoms with E-state index in [1.165, 1.54) is 29.7 Å². The summed E-state index contributed by atoms with van der Waals surface area (Å²) in [5.74, 6) is 0.186. The number of nitrogens with two attached hydrogens (primary N) is 2. The molecule has 1 unspecified atom stereocenters. The normalized spacial score (nSPS) is 17.8. The molecule has 9 heteroatoms. The average Bonchev–Trinajstić information content (AvgIpc) is 3.32. The first-order chi connectivity index (χ1) is 14.8. The van der Waals surface area contributed by atoms with Crippen molar-refractivity contribution in [2.75, 3.05) is 25.4 Å². The second-order valence-electron chi connectivity index (χ2n) is 7.87. The fourth-order valence-corrected chi connectivity index (χ4v) is 4.05. The molecule has 4 rings (SSSR count). The molecule has 0 aliphatic carbocycles. The quantitative estimate of drug-likeness (QED) is 0.774. The van der Waals surface area contributed by atoms with Gasteiger partial charge in [-0.1, -0.05) is 6.92 Å². The number of aryl methyl sites for hydroxylation is 1. The third kappa shape index (κ3) is 5.15. The van der Waals surface area contributed by atoms with Gasteiger partial charge in [0.2, 0.25) is 5.91 Å². The number of benzene rings is 1. The Hall–Kier alpha value is -3.10. The number of carbonyl (C=O) groups excluding carboxylic acids is 2. The van der Waals surface area contributed by atoms with Crippen LogP contribution in [0.3, 0.4) is 0 Å². The molecular formula is C22H30FN5O3. The molecule has 168 valence electrons. The van der Waals surface area contributed by atoms with E-state index in [2.05, 4.69) is 5.10 Å². The molecule has 0 bridgehead atoms. The number of nitrogens with zero attached hydrogens (tertiary/aromatic N) is 3. The number of carbonyl (C=O) groups is 2. The van der Waals surface area contributed by atoms with Gasteiger partial charge in [0.15, 0.2) is 0 Å². The summed E-state index contributed by atoms with van der Waals surface area (Å²) in [4.78, 5) is 24.6. The van der Waals surface area contributed by atoms with Crippen LogP contribution in [0.15, 0.2) is 18.2 Å². The number of anilines is 1. The minimum Gasteiger partial charge on any atom is -0.493 e. The van der Waals surface area contributed by atoms with Crippen molar-refractivity contribution < 1.29 is 18.7 Å². The van der Waals surface area contributed by atoms with Crippen molar-refractivity contribution in [3.8, 4) is 5.75 Å². The van der Waals surface area contributed by atoms with Crippen molar-refractivity contribution in [1.82, 2.24) is 14.7 Å². The Labute approximate surface area is 181 Å². The molecule has 2 aromatic rings. The van der Waals surface area contributed by atoms with Crippen LogP contribution in [0.2, 0.25) is 0 Å². The van der Waals surface area contributed by atoms with Gasteiger partial charge in [0.1, 0.15) is 22.9 Å². The van der Waals surface area contributed by atoms with Crippen LogP contribution in [0.4, 0.5) is 10.2 Å². The summed E-state index contributed by atoms with van der Waals surface area (Å²) in [7, 11) is 1.66. The van der Waals surface area contributed by atoms with Gasteiger partial charge < -0.3 is 21.1 Å². The maximum absolute atomic E-state index is 13.5. The van der Waals surface area contributed by atoms with Gasteiger partial charge in [-0.3, -0.25) is 14.3 Å². The summed E-state index contributed by atoms with van der Waals surface area (Å²) in [6, 6.07) is 4.44. The number of primary amides is 1. The zero-order chi connectivity index (χ0) is 22.5. The molecule has 0 radical (unpaired) electrons. The van der Waals surface area contributed by atoms with E-state index in [-0.39, 0.29) is 23.1 Å². The molecule has 2 aliphatic heterocycles. The summed E-state index contributed by atoms with van der Waals surface area (Å²) in [5.41, 5.74) is 12.9. The summed E-state index contributed by atoms with van der Waals surface area (Å²) < 4.78 is 20.5. The van der Waals surface area contributed by atoms with Crippen LogP contribution in [0.1, 0.15) is 60.1 Å². The molecule has 2 amide bonds. The van der Waals surface area contributed by atoms with E-state index in [1.807, 2.05) is 11.8 Å². The zero-order valence-corrected chi connectivity index (χ0v) is 18.1. The number of amides is 2. The summed E-state index contributed by atoms with van der Waals surface area (Å²) in [5, 5.41) is 4.33. The van der Waals surface area contributed by atoms with Gasteiger partial charge in [-0.25, -0.2) is 4.39 Å². The van der Waals surface area contributed by atoms with Crippen molar-refractivity contribution in [2.45, 2.75) is 44.9 Å². The van der Waals surface area contributed by atoms with E-state index in [0.717, 1.165) is 18.7 Å². The number of likely N-dealkylation sites (tertiary alicyclic amines) is 1. The minimum absolute atomic E-state index is 0.103. The molecule has 1 aromatic carbocycles. The number of rotatable bonds is 3. The Bertz CT molecular complexity index is 953. The van der Waals surface area contributed by atoms with Crippen LogP contribution in [-0.2, 0) is 18.3 Å². The number of hydrogen-bond acceptors (Lipinski definition) is 5. The van der Waals surface area contributed by atoms with Crippen LogP contribution in [0.25, 0.3) is 0 Å². The van der Waals surface area contributed by atoms with Crippen LogP contribution in [0, 0.1) is 5.82 Å². The van der Waals surface area contributed by atoms with E-state index in [9.17, 15) is 14.0 Å². The van der Waals surface area contributed by atoms with E-state index in [4.69, 9.17) is 16.2 Å². The van der Waals surface area contributed by atoms with E-state index >= 15 is 0 Å². The van der Waals surface area contributed by atoms with Crippen molar-refractivity contribution in [1.29, 1.82) is 0 Å². The first-order valence-electron chi connectivity index (χ1n) is 10.6. The Morgan fingerprint density at radius 3 is 2.65 bits per heavy atom. The average molecular weight is 432 g/mol. The molecule has 31 heavy (non-hydrogen) atoms. The molecule has 8 nitrogen and oxygen atoms in total. The van der Waals surface area contributed by atoms with Crippen molar-refractivity contribution in [3.63, 3.8) is 0 Å². The van der Waals surface area contributed by atoms with Crippen molar-refractivity contribution in [2.24, 2.45) is 12.8 Å². The van der Waals surface area contributed by atoms with Crippen LogP contribution >= 0.6 is 0 Å². The SMILES string of the molecule is CCC(=O)N1CCCC1.Cn1nc(C2CCOc3ccc(F)cc3C2)c(C(N)=O)c1N. The van der Waals surface area contributed by atoms with E-state index in [0.29, 0.717) is 43.2 Å². The Morgan fingerprint density at radius 1 is 1.29 bits per heavy atom. The molecule has 0 spiro atoms. The van der Waals surface area contributed by atoms with Gasteiger partial charge in [0.25, 0.3) is 5.91 Å². The summed E-state index contributed by atoms with van der Waals surface area (Å²) in [6.07, 6.45) is 4.23. The molecule has 3 heterocycles. The number of aromatic nitrogens is 2. The highest BCUT2D eigenvalue weighted by molar-refractivity contribution is 5.98. The highest BCUT2D eigenvalue weighted by Gasteiger charge is 2.28. The maximum Gasteiger partial charge on any atom is 0.254 e. The summed E-state index contributed by atoms with van der Waals surface area (Å²) >= 11 is 0. The predicted octanol–water partition coefficient (Wildman–Crippen LogP) is 2.37. The summed E-state index contributed by atoms with van der Waals surface area (Å²) in [6.45, 7) is 4.36. The van der Waals surface area contributed by atoms with Gasteiger partial charge in [0.05, 0.1) is 12.3 Å². The monoisotopic (exact) mass is 431 g/mol. The molecule has 2 aliphatic rings. The minimum atomic E-state index is -0.606. The van der Waals surface area contributed by atoms with Crippen LogP contribution < -0.4 is 16.2 Å². The lowest BCUT2D eigenvalue weighted by Gasteiger charge is -2.12. The number of ether oxygens (including phenoxy) is 1. The standard InChI is InChI=1S/C15H17FN4O2.C7H13NO/c1-20-14(17)12(15(18)21)13(19-20)8-4-5-22-11-3-2-10(16)7-9(11)6-8;1-2-7(9)8-5-3-4-6-8/h2-3,7-8H,4-6,17H2,1H3,(H2,18,21);2-6H2,1H3. The highest BCUT2D eigenvalue weighted by atomic mass is 19.1. The molecule has 0 saturated carbocycles. The molecule has 1 atom stereocenters. The van der Waals surface area contributed by atoms with Crippen molar-refractivity contribution in [3.05, 3.63) is 40.8 Å². The maximum atomic E-state index is 13.5. The second-order valence-corrected chi connectivity index (χ2v) is 7.87. The Morgan fingerprint density at radius 2 is 2.00 bits per heavy atom. The lowest BCUT2D eigenvalue weighted by molar-refractivity contribution is -0.129. The Balaban J connectivity index is 0.000000254. The molecule has 1 fully saturated rings. The smallest absolute Gasteiger partial charge is 0.254 e. The fraction of sp³-hybridized carbons (Fsp3) is 0.500. The lowest BCUT2D eigenvalue weighted by atomic mass is 9.91. The number of fused-ring (bicyclic) bond motifs is 1. The van der Waals surface area contributed by atoms with Gasteiger partial charge in [-0.15, -0.1) is 0 Å². The molecule has 1 aromatic heterocycles. The lowest BCUT2D eigenvalue weighted by Crippen LogP contribution is -2.26.